The zero-order chi connectivity index (χ0) is 19.2. The fraction of sp³-hybridized carbons (Fsp3) is 0.273. The molecule has 0 saturated carbocycles. The number of pyridine rings is 1. The van der Waals surface area contributed by atoms with Crippen molar-refractivity contribution in [1.82, 2.24) is 4.98 Å². The lowest BCUT2D eigenvalue weighted by molar-refractivity contribution is -0.116. The Morgan fingerprint density at radius 2 is 1.81 bits per heavy atom. The number of aromatic nitrogens is 1. The van der Waals surface area contributed by atoms with Gasteiger partial charge >= 0.3 is 0 Å². The Kier molecular flexibility index (Phi) is 5.91. The molecule has 0 aliphatic heterocycles. The van der Waals surface area contributed by atoms with Gasteiger partial charge in [-0.25, -0.2) is 0 Å². The third-order valence-electron chi connectivity index (χ3n) is 4.51. The van der Waals surface area contributed by atoms with Crippen LogP contribution in [-0.2, 0) is 4.79 Å². The molecule has 3 aromatic rings. The van der Waals surface area contributed by atoms with Crippen molar-refractivity contribution in [2.45, 2.75) is 33.1 Å². The van der Waals surface area contributed by atoms with Crippen molar-refractivity contribution in [1.29, 1.82) is 0 Å². The fourth-order valence-electron chi connectivity index (χ4n) is 3.01. The molecule has 2 aromatic carbocycles. The Morgan fingerprint density at radius 1 is 1.04 bits per heavy atom. The molecule has 3 rings (SSSR count). The maximum absolute atomic E-state index is 12.1. The van der Waals surface area contributed by atoms with Gasteiger partial charge in [0.15, 0.2) is 0 Å². The number of anilines is 1. The Hall–Kier alpha value is -3.08. The smallest absolute Gasteiger partial charge is 0.248 e. The van der Waals surface area contributed by atoms with Gasteiger partial charge in [-0.15, -0.1) is 0 Å². The number of unbranched alkanes of at least 4 members (excludes halogenated alkanes) is 1. The number of carbonyl (C=O) groups is 1. The molecule has 140 valence electrons. The first kappa shape index (κ1) is 18.7. The van der Waals surface area contributed by atoms with E-state index in [1.165, 1.54) is 6.07 Å². The van der Waals surface area contributed by atoms with Crippen LogP contribution in [0.1, 0.15) is 30.4 Å². The number of ether oxygens (including phenoxy) is 1. The van der Waals surface area contributed by atoms with Crippen LogP contribution in [0, 0.1) is 13.8 Å². The van der Waals surface area contributed by atoms with Gasteiger partial charge in [0.05, 0.1) is 6.61 Å². The van der Waals surface area contributed by atoms with E-state index in [-0.39, 0.29) is 11.5 Å². The maximum Gasteiger partial charge on any atom is 0.248 e. The molecule has 1 heterocycles. The number of aryl methyl sites for hydroxylation is 2. The van der Waals surface area contributed by atoms with Gasteiger partial charge in [0.25, 0.3) is 0 Å². The average Bonchev–Trinajstić information content (AvgIpc) is 2.64. The van der Waals surface area contributed by atoms with E-state index in [0.717, 1.165) is 46.3 Å². The number of nitrogens with one attached hydrogen (secondary N) is 2. The minimum Gasteiger partial charge on any atom is -0.494 e. The number of H-pyrrole nitrogens is 1. The monoisotopic (exact) mass is 364 g/mol. The summed E-state index contributed by atoms with van der Waals surface area (Å²) in [5, 5.41) is 3.93. The lowest BCUT2D eigenvalue weighted by Crippen LogP contribution is -2.13. The largest absolute Gasteiger partial charge is 0.494 e. The van der Waals surface area contributed by atoms with Gasteiger partial charge in [0.2, 0.25) is 11.5 Å². The maximum atomic E-state index is 12.1. The van der Waals surface area contributed by atoms with Crippen molar-refractivity contribution in [3.05, 3.63) is 70.0 Å². The average molecular weight is 364 g/mol. The molecule has 0 saturated heterocycles. The number of benzene rings is 2. The van der Waals surface area contributed by atoms with Gasteiger partial charge in [0.1, 0.15) is 5.75 Å². The molecule has 0 unspecified atom stereocenters. The highest BCUT2D eigenvalue weighted by atomic mass is 16.5. The van der Waals surface area contributed by atoms with E-state index in [2.05, 4.69) is 10.3 Å². The van der Waals surface area contributed by atoms with Crippen LogP contribution in [0.4, 0.5) is 5.69 Å². The van der Waals surface area contributed by atoms with Gasteiger partial charge in [0, 0.05) is 29.1 Å². The van der Waals surface area contributed by atoms with E-state index >= 15 is 0 Å². The summed E-state index contributed by atoms with van der Waals surface area (Å²) in [7, 11) is 0. The number of carbonyl (C=O) groups excluding carboxylic acids is 1. The molecule has 27 heavy (non-hydrogen) atoms. The van der Waals surface area contributed by atoms with E-state index < -0.39 is 0 Å². The van der Waals surface area contributed by atoms with E-state index in [9.17, 15) is 9.59 Å². The van der Waals surface area contributed by atoms with Crippen LogP contribution < -0.4 is 15.6 Å². The van der Waals surface area contributed by atoms with Crippen molar-refractivity contribution in [2.75, 3.05) is 11.9 Å². The number of aromatic amines is 1. The van der Waals surface area contributed by atoms with Gasteiger partial charge < -0.3 is 15.0 Å². The Morgan fingerprint density at radius 3 is 2.59 bits per heavy atom. The molecular weight excluding hydrogens is 340 g/mol. The molecule has 0 fully saturated rings. The van der Waals surface area contributed by atoms with Gasteiger partial charge in [-0.1, -0.05) is 18.2 Å². The van der Waals surface area contributed by atoms with Crippen molar-refractivity contribution < 1.29 is 9.53 Å². The summed E-state index contributed by atoms with van der Waals surface area (Å²) in [6, 6.07) is 14.8. The quantitative estimate of drug-likeness (QED) is 0.613. The third-order valence-corrected chi connectivity index (χ3v) is 4.51. The number of rotatable bonds is 7. The number of amides is 1. The summed E-state index contributed by atoms with van der Waals surface area (Å²) in [5.41, 5.74) is 3.73. The summed E-state index contributed by atoms with van der Waals surface area (Å²) >= 11 is 0. The Balaban J connectivity index is 1.43. The second-order valence-corrected chi connectivity index (χ2v) is 6.69. The summed E-state index contributed by atoms with van der Waals surface area (Å²) in [6.07, 6.45) is 2.03. The molecule has 5 heteroatoms. The van der Waals surface area contributed by atoms with Crippen molar-refractivity contribution >= 4 is 22.5 Å². The standard InChI is InChI=1S/C22H24N2O3/c1-15-6-5-7-16(2)22(15)24-20(25)8-3-4-13-27-18-10-11-19-17(14-18)9-12-21(26)23-19/h5-7,9-12,14H,3-4,8,13H2,1-2H3,(H,23,26)(H,24,25). The first-order valence-corrected chi connectivity index (χ1v) is 9.15. The minimum absolute atomic E-state index is 0.0297. The topological polar surface area (TPSA) is 71.2 Å². The fourth-order valence-corrected chi connectivity index (χ4v) is 3.01. The SMILES string of the molecule is Cc1cccc(C)c1NC(=O)CCCCOc1ccc2[nH]c(=O)ccc2c1. The molecule has 0 bridgehead atoms. The van der Waals surface area contributed by atoms with Gasteiger partial charge in [-0.3, -0.25) is 9.59 Å². The van der Waals surface area contributed by atoms with E-state index in [1.807, 2.05) is 50.2 Å². The molecule has 0 spiro atoms. The normalized spacial score (nSPS) is 10.7. The van der Waals surface area contributed by atoms with Crippen LogP contribution >= 0.6 is 0 Å². The van der Waals surface area contributed by atoms with Gasteiger partial charge in [-0.2, -0.15) is 0 Å². The summed E-state index contributed by atoms with van der Waals surface area (Å²) in [5.74, 6) is 0.789. The molecule has 0 radical (unpaired) electrons. The van der Waals surface area contributed by atoms with Crippen molar-refractivity contribution in [3.63, 3.8) is 0 Å². The number of hydrogen-bond acceptors (Lipinski definition) is 3. The van der Waals surface area contributed by atoms with Crippen LogP contribution in [0.5, 0.6) is 5.75 Å². The van der Waals surface area contributed by atoms with Crippen LogP contribution in [0.2, 0.25) is 0 Å². The first-order valence-electron chi connectivity index (χ1n) is 9.15. The van der Waals surface area contributed by atoms with Crippen LogP contribution in [-0.4, -0.2) is 17.5 Å². The van der Waals surface area contributed by atoms with Crippen LogP contribution in [0.25, 0.3) is 10.9 Å². The summed E-state index contributed by atoms with van der Waals surface area (Å²) in [4.78, 5) is 26.2. The van der Waals surface area contributed by atoms with E-state index in [0.29, 0.717) is 13.0 Å². The predicted molar refractivity (Wildman–Crippen MR) is 108 cm³/mol. The molecule has 0 atom stereocenters. The zero-order valence-electron chi connectivity index (χ0n) is 15.7. The number of fused-ring (bicyclic) bond motifs is 1. The number of para-hydroxylation sites is 1. The molecular formula is C22H24N2O3. The lowest BCUT2D eigenvalue weighted by atomic mass is 10.1. The summed E-state index contributed by atoms with van der Waals surface area (Å²) < 4.78 is 5.76. The van der Waals surface area contributed by atoms with Crippen molar-refractivity contribution in [2.24, 2.45) is 0 Å². The molecule has 5 nitrogen and oxygen atoms in total. The first-order chi connectivity index (χ1) is 13.0. The lowest BCUT2D eigenvalue weighted by Gasteiger charge is -2.11. The predicted octanol–water partition coefficient (Wildman–Crippen LogP) is 4.33. The number of hydrogen-bond donors (Lipinski definition) is 2. The molecule has 0 aliphatic rings. The van der Waals surface area contributed by atoms with E-state index in [4.69, 9.17) is 4.74 Å². The second kappa shape index (κ2) is 8.54. The molecule has 2 N–H and O–H groups in total. The Labute approximate surface area is 158 Å². The molecule has 0 aliphatic carbocycles. The zero-order valence-corrected chi connectivity index (χ0v) is 15.7. The van der Waals surface area contributed by atoms with Gasteiger partial charge in [-0.05, 0) is 62.1 Å². The highest BCUT2D eigenvalue weighted by molar-refractivity contribution is 5.92. The van der Waals surface area contributed by atoms with Crippen molar-refractivity contribution in [3.8, 4) is 5.75 Å². The van der Waals surface area contributed by atoms with Crippen LogP contribution in [0.3, 0.4) is 0 Å². The van der Waals surface area contributed by atoms with Crippen LogP contribution in [0.15, 0.2) is 53.3 Å². The minimum atomic E-state index is -0.115. The summed E-state index contributed by atoms with van der Waals surface area (Å²) in [6.45, 7) is 4.54. The highest BCUT2D eigenvalue weighted by Gasteiger charge is 2.07. The third kappa shape index (κ3) is 4.97. The highest BCUT2D eigenvalue weighted by Crippen LogP contribution is 2.20. The second-order valence-electron chi connectivity index (χ2n) is 6.69. The van der Waals surface area contributed by atoms with E-state index in [1.54, 1.807) is 6.07 Å². The molecule has 1 amide bonds. The molecule has 1 aromatic heterocycles. The Bertz CT molecular complexity index is 988.